The number of carbonyl (C=O) groups excluding carboxylic acids is 4. The largest absolute Gasteiger partial charge is 0.491 e. The van der Waals surface area contributed by atoms with Gasteiger partial charge in [0, 0.05) is 27.9 Å². The topological polar surface area (TPSA) is 179 Å². The predicted octanol–water partition coefficient (Wildman–Crippen LogP) is 12.1. The zero-order valence-corrected chi connectivity index (χ0v) is 40.9. The summed E-state index contributed by atoms with van der Waals surface area (Å²) in [6.45, 7) is 13.5. The fourth-order valence-electron chi connectivity index (χ4n) is 6.12. The van der Waals surface area contributed by atoms with Crippen molar-refractivity contribution in [2.24, 2.45) is 11.8 Å². The van der Waals surface area contributed by atoms with Crippen LogP contribution in [-0.2, 0) is 39.5 Å². The first-order chi connectivity index (χ1) is 32.2. The van der Waals surface area contributed by atoms with E-state index in [2.05, 4.69) is 58.9 Å². The van der Waals surface area contributed by atoms with Crippen LogP contribution >= 0.6 is 34.4 Å². The molecule has 0 fully saturated rings. The van der Waals surface area contributed by atoms with Crippen LogP contribution < -0.4 is 35.5 Å². The first-order valence-electron chi connectivity index (χ1n) is 21.9. The van der Waals surface area contributed by atoms with E-state index in [0.29, 0.717) is 82.5 Å². The Labute approximate surface area is 403 Å². The molecular formula is C50H56N6O8S3. The summed E-state index contributed by atoms with van der Waals surface area (Å²) in [6.07, 6.45) is 4.39. The number of anilines is 4. The molecule has 352 valence electrons. The lowest BCUT2D eigenvalue weighted by atomic mass is 10.1. The number of hydrogen-bond acceptors (Lipinski definition) is 13. The van der Waals surface area contributed by atoms with E-state index in [1.807, 2.05) is 98.8 Å². The number of rotatable bonds is 22. The number of thiazole rings is 2. The van der Waals surface area contributed by atoms with Crippen LogP contribution in [0.15, 0.2) is 102 Å². The maximum absolute atomic E-state index is 12.8. The summed E-state index contributed by atoms with van der Waals surface area (Å²) in [5.74, 6) is 2.09. The summed E-state index contributed by atoms with van der Waals surface area (Å²) in [7, 11) is 0. The smallest absolute Gasteiger partial charge is 0.325 e. The highest BCUT2D eigenvalue weighted by atomic mass is 32.2. The minimum atomic E-state index is -0.576. The average molecular weight is 965 g/mol. The van der Waals surface area contributed by atoms with Crippen molar-refractivity contribution in [3.8, 4) is 17.2 Å². The Morgan fingerprint density at radius 2 is 1.07 bits per heavy atom. The normalized spacial score (nSPS) is 11.0. The molecule has 14 nitrogen and oxygen atoms in total. The highest BCUT2D eigenvalue weighted by Crippen LogP contribution is 2.31. The van der Waals surface area contributed by atoms with Gasteiger partial charge in [-0.1, -0.05) is 75.4 Å². The molecule has 2 heterocycles. The third-order valence-corrected chi connectivity index (χ3v) is 12.6. The van der Waals surface area contributed by atoms with E-state index in [1.165, 1.54) is 22.7 Å². The lowest BCUT2D eigenvalue weighted by Crippen LogP contribution is -2.20. The van der Waals surface area contributed by atoms with Gasteiger partial charge in [-0.05, 0) is 109 Å². The summed E-state index contributed by atoms with van der Waals surface area (Å²) >= 11 is 4.34. The zero-order chi connectivity index (χ0) is 47.7. The molecule has 0 radical (unpaired) electrons. The molecule has 0 aliphatic rings. The Kier molecular flexibility index (Phi) is 18.6. The third-order valence-electron chi connectivity index (χ3n) is 9.54. The number of aromatic nitrogens is 2. The van der Waals surface area contributed by atoms with Gasteiger partial charge in [-0.25, -0.2) is 19.6 Å². The SMILES string of the molecule is Cc1ccc(NC(=O)Nc2ncc(COc3ccc(CCC(=O)OC(=O)CCc4ccc(SCc5cnc(NC(=O)Nc6ccc(C)cc6OCC(C)C)s5)cc4)cc3)s2)c(OCC(C)C)c1. The number of carbonyl (C=O) groups is 4. The second-order valence-corrected chi connectivity index (χ2v) is 19.8. The minimum absolute atomic E-state index is 0.0606. The van der Waals surface area contributed by atoms with Crippen molar-refractivity contribution in [3.63, 3.8) is 0 Å². The molecule has 6 aromatic rings. The molecule has 0 spiro atoms. The molecule has 0 bridgehead atoms. The van der Waals surface area contributed by atoms with Gasteiger partial charge in [0.1, 0.15) is 23.9 Å². The Morgan fingerprint density at radius 3 is 1.58 bits per heavy atom. The predicted molar refractivity (Wildman–Crippen MR) is 267 cm³/mol. The van der Waals surface area contributed by atoms with E-state index in [0.717, 1.165) is 36.9 Å². The molecule has 0 aliphatic carbocycles. The molecule has 67 heavy (non-hydrogen) atoms. The lowest BCUT2D eigenvalue weighted by Gasteiger charge is -2.14. The molecule has 17 heteroatoms. The van der Waals surface area contributed by atoms with Crippen molar-refractivity contribution < 1.29 is 38.1 Å². The highest BCUT2D eigenvalue weighted by Gasteiger charge is 2.15. The second kappa shape index (κ2) is 24.9. The summed E-state index contributed by atoms with van der Waals surface area (Å²) in [5, 5.41) is 12.2. The van der Waals surface area contributed by atoms with E-state index in [9.17, 15) is 19.2 Å². The summed E-state index contributed by atoms with van der Waals surface area (Å²) < 4.78 is 22.8. The van der Waals surface area contributed by atoms with Crippen LogP contribution in [0.2, 0.25) is 0 Å². The maximum atomic E-state index is 12.8. The zero-order valence-electron chi connectivity index (χ0n) is 38.4. The van der Waals surface area contributed by atoms with Gasteiger partial charge in [-0.3, -0.25) is 20.2 Å². The van der Waals surface area contributed by atoms with Crippen LogP contribution in [0, 0.1) is 25.7 Å². The van der Waals surface area contributed by atoms with Crippen molar-refractivity contribution in [3.05, 3.63) is 129 Å². The number of benzene rings is 4. The van der Waals surface area contributed by atoms with Crippen molar-refractivity contribution in [1.82, 2.24) is 9.97 Å². The van der Waals surface area contributed by atoms with Gasteiger partial charge >= 0.3 is 24.0 Å². The average Bonchev–Trinajstić information content (AvgIpc) is 3.95. The summed E-state index contributed by atoms with van der Waals surface area (Å²) in [6, 6.07) is 25.7. The number of nitrogens with zero attached hydrogens (tertiary/aromatic N) is 2. The monoisotopic (exact) mass is 964 g/mol. The fraction of sp³-hybridized carbons (Fsp3) is 0.320. The van der Waals surface area contributed by atoms with Gasteiger partial charge in [0.15, 0.2) is 10.3 Å². The van der Waals surface area contributed by atoms with E-state index in [4.69, 9.17) is 18.9 Å². The quantitative estimate of drug-likeness (QED) is 0.0289. The highest BCUT2D eigenvalue weighted by molar-refractivity contribution is 7.98. The molecule has 2 aromatic heterocycles. The van der Waals surface area contributed by atoms with Crippen LogP contribution in [0.4, 0.5) is 31.2 Å². The van der Waals surface area contributed by atoms with Gasteiger partial charge < -0.3 is 29.6 Å². The van der Waals surface area contributed by atoms with Gasteiger partial charge in [0.05, 0.1) is 42.3 Å². The molecule has 0 saturated carbocycles. The standard InChI is InChI=1S/C50H56N6O8S3/c1-31(2)27-62-43-23-33(5)7-19-41(43)53-47(59)55-49-51-25-39(66-49)29-61-37-15-9-35(10-16-37)13-21-45(57)64-46(58)22-14-36-11-17-38(18-12-36)65-30-40-26-52-50(67-40)56-48(60)54-42-20-8-34(6)24-44(42)63-28-32(3)4/h7-12,15-20,23-26,31-32H,13-14,21-22,27-30H2,1-6H3,(H2,51,53,55,59)(H2,52,54,56,60). The molecule has 4 N–H and O–H groups in total. The van der Waals surface area contributed by atoms with Gasteiger partial charge in [0.25, 0.3) is 0 Å². The molecule has 4 amide bonds. The second-order valence-electron chi connectivity index (χ2n) is 16.5. The van der Waals surface area contributed by atoms with Crippen molar-refractivity contribution in [2.75, 3.05) is 34.5 Å². The Bertz CT molecular complexity index is 2420. The van der Waals surface area contributed by atoms with E-state index in [-0.39, 0.29) is 19.4 Å². The Morgan fingerprint density at radius 1 is 0.597 bits per heavy atom. The lowest BCUT2D eigenvalue weighted by molar-refractivity contribution is -0.159. The number of urea groups is 2. The van der Waals surface area contributed by atoms with Crippen LogP contribution in [0.5, 0.6) is 17.2 Å². The Balaban J connectivity index is 0.843. The molecule has 0 aliphatic heterocycles. The molecule has 0 unspecified atom stereocenters. The van der Waals surface area contributed by atoms with Gasteiger partial charge in [0.2, 0.25) is 0 Å². The number of aryl methyl sites for hydroxylation is 4. The van der Waals surface area contributed by atoms with Crippen molar-refractivity contribution >= 4 is 80.1 Å². The van der Waals surface area contributed by atoms with Crippen LogP contribution in [0.3, 0.4) is 0 Å². The molecular weight excluding hydrogens is 909 g/mol. The van der Waals surface area contributed by atoms with Gasteiger partial charge in [-0.15, -0.1) is 23.1 Å². The van der Waals surface area contributed by atoms with E-state index >= 15 is 0 Å². The Hall–Kier alpha value is -6.43. The summed E-state index contributed by atoms with van der Waals surface area (Å²) in [4.78, 5) is 62.0. The first kappa shape index (κ1) is 50.0. The molecule has 0 atom stereocenters. The molecule has 6 rings (SSSR count). The fourth-order valence-corrected chi connectivity index (χ4v) is 8.57. The third kappa shape index (κ3) is 17.1. The van der Waals surface area contributed by atoms with Crippen molar-refractivity contribution in [1.29, 1.82) is 0 Å². The number of thioether (sulfide) groups is 1. The first-order valence-corrected chi connectivity index (χ1v) is 24.5. The molecule has 4 aromatic carbocycles. The van der Waals surface area contributed by atoms with Gasteiger partial charge in [-0.2, -0.15) is 0 Å². The number of amides is 4. The minimum Gasteiger partial charge on any atom is -0.491 e. The van der Waals surface area contributed by atoms with Crippen LogP contribution in [0.1, 0.15) is 72.5 Å². The van der Waals surface area contributed by atoms with E-state index < -0.39 is 24.0 Å². The van der Waals surface area contributed by atoms with Crippen molar-refractivity contribution in [2.45, 2.75) is 84.5 Å². The number of ether oxygens (including phenoxy) is 4. The number of nitrogens with one attached hydrogen (secondary N) is 4. The van der Waals surface area contributed by atoms with Crippen LogP contribution in [-0.4, -0.2) is 47.2 Å². The maximum Gasteiger partial charge on any atom is 0.325 e. The number of esters is 2. The number of hydrogen-bond donors (Lipinski definition) is 4. The van der Waals surface area contributed by atoms with E-state index in [1.54, 1.807) is 24.2 Å². The molecule has 0 saturated heterocycles. The summed E-state index contributed by atoms with van der Waals surface area (Å²) in [5.41, 5.74) is 5.08. The van der Waals surface area contributed by atoms with Crippen LogP contribution in [0.25, 0.3) is 0 Å².